The molecular formula is C25H28F2N2O4. The molecule has 1 atom stereocenters. The number of carbonyl (C=O) groups excluding carboxylic acids is 2. The molecule has 0 spiro atoms. The van der Waals surface area contributed by atoms with Gasteiger partial charge in [0.15, 0.2) is 11.6 Å². The van der Waals surface area contributed by atoms with E-state index < -0.39 is 29.7 Å². The number of hydrogen-bond donors (Lipinski definition) is 1. The highest BCUT2D eigenvalue weighted by molar-refractivity contribution is 5.95. The number of rotatable bonds is 6. The number of amides is 2. The zero-order valence-electron chi connectivity index (χ0n) is 19.4. The van der Waals surface area contributed by atoms with Gasteiger partial charge in [-0.15, -0.1) is 0 Å². The van der Waals surface area contributed by atoms with Crippen LogP contribution < -0.4 is 10.1 Å². The lowest BCUT2D eigenvalue weighted by Crippen LogP contribution is -2.48. The van der Waals surface area contributed by atoms with Gasteiger partial charge in [0.1, 0.15) is 12.4 Å². The quantitative estimate of drug-likeness (QED) is 0.628. The number of nitrogens with zero attached hydrogens (tertiary/aromatic N) is 1. The van der Waals surface area contributed by atoms with Crippen molar-refractivity contribution in [3.63, 3.8) is 0 Å². The molecule has 2 aromatic carbocycles. The second-order valence-corrected chi connectivity index (χ2v) is 8.76. The number of hydrogen-bond acceptors (Lipinski definition) is 4. The molecule has 6 nitrogen and oxygen atoms in total. The zero-order valence-corrected chi connectivity index (χ0v) is 19.4. The molecule has 0 saturated heterocycles. The first-order chi connectivity index (χ1) is 15.5. The summed E-state index contributed by atoms with van der Waals surface area (Å²) in [6.45, 7) is 7.79. The van der Waals surface area contributed by atoms with Crippen LogP contribution in [0.4, 0.5) is 13.6 Å². The van der Waals surface area contributed by atoms with Crippen LogP contribution in [0.2, 0.25) is 0 Å². The van der Waals surface area contributed by atoms with Crippen molar-refractivity contribution >= 4 is 12.0 Å². The predicted octanol–water partition coefficient (Wildman–Crippen LogP) is 4.85. The van der Waals surface area contributed by atoms with Crippen molar-refractivity contribution in [2.45, 2.75) is 39.2 Å². The largest absolute Gasteiger partial charge is 0.484 e. The fraction of sp³-hybridized carbons (Fsp3) is 0.360. The number of benzene rings is 2. The third-order valence-electron chi connectivity index (χ3n) is 5.44. The van der Waals surface area contributed by atoms with Crippen LogP contribution in [0.15, 0.2) is 53.7 Å². The van der Waals surface area contributed by atoms with Crippen LogP contribution in [0, 0.1) is 11.6 Å². The molecule has 0 bridgehead atoms. The Morgan fingerprint density at radius 3 is 2.36 bits per heavy atom. The molecule has 1 heterocycles. The number of carbonyl (C=O) groups is 2. The van der Waals surface area contributed by atoms with Crippen LogP contribution in [-0.4, -0.2) is 37.2 Å². The first-order valence-corrected chi connectivity index (χ1v) is 10.7. The van der Waals surface area contributed by atoms with E-state index in [1.807, 2.05) is 24.3 Å². The molecule has 1 N–H and O–H groups in total. The third-order valence-corrected chi connectivity index (χ3v) is 5.44. The van der Waals surface area contributed by atoms with Crippen LogP contribution in [0.1, 0.15) is 44.9 Å². The molecule has 0 saturated carbocycles. The first-order valence-electron chi connectivity index (χ1n) is 10.7. The molecule has 1 aliphatic heterocycles. The lowest BCUT2D eigenvalue weighted by atomic mass is 9.85. The summed E-state index contributed by atoms with van der Waals surface area (Å²) in [4.78, 5) is 26.9. The van der Waals surface area contributed by atoms with Crippen LogP contribution >= 0.6 is 0 Å². The van der Waals surface area contributed by atoms with Gasteiger partial charge in [-0.3, -0.25) is 4.90 Å². The number of halogens is 2. The van der Waals surface area contributed by atoms with Crippen molar-refractivity contribution in [1.82, 2.24) is 10.2 Å². The molecule has 3 rings (SSSR count). The Bertz CT molecular complexity index is 1070. The second-order valence-electron chi connectivity index (χ2n) is 8.76. The van der Waals surface area contributed by atoms with Gasteiger partial charge in [0, 0.05) is 13.1 Å². The van der Waals surface area contributed by atoms with Crippen molar-refractivity contribution in [3.8, 4) is 5.75 Å². The standard InChI is InChI=1S/C25H28F2N2O4/c1-6-32-23(30)21-19(14-33-20-12-11-17(26)13-18(20)27)29(5)24(31)28-22(21)15-7-9-16(10-8-15)25(2,3)4/h7-13,22H,6,14H2,1-5H3,(H,28,31)/t22-/m0/s1. The average molecular weight is 459 g/mol. The number of nitrogens with one attached hydrogen (secondary N) is 1. The van der Waals surface area contributed by atoms with Crippen molar-refractivity contribution in [2.75, 3.05) is 20.3 Å². The Morgan fingerprint density at radius 1 is 1.12 bits per heavy atom. The summed E-state index contributed by atoms with van der Waals surface area (Å²) >= 11 is 0. The molecule has 0 aliphatic carbocycles. The molecule has 0 fully saturated rings. The maximum Gasteiger partial charge on any atom is 0.338 e. The topological polar surface area (TPSA) is 67.9 Å². The zero-order chi connectivity index (χ0) is 24.3. The van der Waals surface area contributed by atoms with Crippen LogP contribution in [0.25, 0.3) is 0 Å². The lowest BCUT2D eigenvalue weighted by molar-refractivity contribution is -0.139. The van der Waals surface area contributed by atoms with E-state index in [0.717, 1.165) is 17.7 Å². The molecule has 176 valence electrons. The molecule has 2 aromatic rings. The first kappa shape index (κ1) is 24.2. The van der Waals surface area contributed by atoms with Gasteiger partial charge in [-0.25, -0.2) is 18.4 Å². The Balaban J connectivity index is 2.03. The number of urea groups is 1. The third kappa shape index (κ3) is 5.32. The molecular weight excluding hydrogens is 430 g/mol. The number of esters is 1. The molecule has 2 amide bonds. The SMILES string of the molecule is CCOC(=O)C1=C(COc2ccc(F)cc2F)N(C)C(=O)N[C@H]1c1ccc(C(C)(C)C)cc1. The number of ether oxygens (including phenoxy) is 2. The summed E-state index contributed by atoms with van der Waals surface area (Å²) in [6.07, 6.45) is 0. The molecule has 0 aromatic heterocycles. The minimum atomic E-state index is -0.884. The highest BCUT2D eigenvalue weighted by Gasteiger charge is 2.37. The van der Waals surface area contributed by atoms with E-state index in [0.29, 0.717) is 11.6 Å². The van der Waals surface area contributed by atoms with Gasteiger partial charge in [-0.1, -0.05) is 45.0 Å². The fourth-order valence-corrected chi connectivity index (χ4v) is 3.55. The van der Waals surface area contributed by atoms with E-state index in [-0.39, 0.29) is 35.6 Å². The van der Waals surface area contributed by atoms with E-state index >= 15 is 0 Å². The Hall–Kier alpha value is -3.42. The summed E-state index contributed by atoms with van der Waals surface area (Å²) in [7, 11) is 1.48. The lowest BCUT2D eigenvalue weighted by Gasteiger charge is -2.34. The minimum Gasteiger partial charge on any atom is -0.484 e. The van der Waals surface area contributed by atoms with E-state index in [9.17, 15) is 18.4 Å². The Morgan fingerprint density at radius 2 is 1.79 bits per heavy atom. The summed E-state index contributed by atoms with van der Waals surface area (Å²) in [5.41, 5.74) is 2.14. The van der Waals surface area contributed by atoms with Gasteiger partial charge in [0.2, 0.25) is 0 Å². The highest BCUT2D eigenvalue weighted by atomic mass is 19.1. The van der Waals surface area contributed by atoms with Gasteiger partial charge in [0.25, 0.3) is 0 Å². The van der Waals surface area contributed by atoms with E-state index in [2.05, 4.69) is 26.1 Å². The normalized spacial score (nSPS) is 16.5. The van der Waals surface area contributed by atoms with Crippen molar-refractivity contribution in [3.05, 3.63) is 76.5 Å². The summed E-state index contributed by atoms with van der Waals surface area (Å²) in [5.74, 6) is -2.44. The van der Waals surface area contributed by atoms with Gasteiger partial charge in [-0.05, 0) is 35.6 Å². The van der Waals surface area contributed by atoms with Crippen molar-refractivity contribution in [1.29, 1.82) is 0 Å². The molecule has 0 unspecified atom stereocenters. The maximum absolute atomic E-state index is 14.1. The van der Waals surface area contributed by atoms with Gasteiger partial charge in [0.05, 0.1) is 23.9 Å². The minimum absolute atomic E-state index is 0.0629. The predicted molar refractivity (Wildman–Crippen MR) is 120 cm³/mol. The van der Waals surface area contributed by atoms with E-state index in [1.165, 1.54) is 11.9 Å². The van der Waals surface area contributed by atoms with Crippen LogP contribution in [0.5, 0.6) is 5.75 Å². The summed E-state index contributed by atoms with van der Waals surface area (Å²) in [6, 6.07) is 9.30. The second kappa shape index (κ2) is 9.60. The van der Waals surface area contributed by atoms with Crippen LogP contribution in [-0.2, 0) is 14.9 Å². The smallest absolute Gasteiger partial charge is 0.338 e. The molecule has 0 radical (unpaired) electrons. The Kier molecular flexibility index (Phi) is 7.05. The van der Waals surface area contributed by atoms with Gasteiger partial charge >= 0.3 is 12.0 Å². The maximum atomic E-state index is 14.1. The monoisotopic (exact) mass is 458 g/mol. The average Bonchev–Trinajstić information content (AvgIpc) is 2.75. The van der Waals surface area contributed by atoms with Crippen molar-refractivity contribution < 1.29 is 27.8 Å². The Labute approximate surface area is 192 Å². The fourth-order valence-electron chi connectivity index (χ4n) is 3.55. The van der Waals surface area contributed by atoms with Gasteiger partial charge < -0.3 is 14.8 Å². The van der Waals surface area contributed by atoms with Crippen molar-refractivity contribution in [2.24, 2.45) is 0 Å². The summed E-state index contributed by atoms with van der Waals surface area (Å²) < 4.78 is 38.1. The van der Waals surface area contributed by atoms with Crippen LogP contribution in [0.3, 0.4) is 0 Å². The van der Waals surface area contributed by atoms with E-state index in [4.69, 9.17) is 9.47 Å². The highest BCUT2D eigenvalue weighted by Crippen LogP contribution is 2.33. The molecule has 33 heavy (non-hydrogen) atoms. The van der Waals surface area contributed by atoms with Gasteiger partial charge in [-0.2, -0.15) is 0 Å². The van der Waals surface area contributed by atoms with E-state index in [1.54, 1.807) is 6.92 Å². The molecule has 8 heteroatoms. The number of likely N-dealkylation sites (N-methyl/N-ethyl adjacent to an activating group) is 1. The molecule has 1 aliphatic rings. The summed E-state index contributed by atoms with van der Waals surface area (Å²) in [5, 5.41) is 2.83.